The summed E-state index contributed by atoms with van der Waals surface area (Å²) in [6.07, 6.45) is 3.50. The SMILES string of the molecule is O=C(NC1CC1)C(SC1=N/C(=C/c2ccccc2)C(=O)N1c1ccc(F)cc1)c1ccc(F)cc1. The Morgan fingerprint density at radius 3 is 2.23 bits per heavy atom. The number of thioether (sulfide) groups is 1. The highest BCUT2D eigenvalue weighted by atomic mass is 32.2. The van der Waals surface area contributed by atoms with Gasteiger partial charge >= 0.3 is 0 Å². The van der Waals surface area contributed by atoms with E-state index in [1.54, 1.807) is 18.2 Å². The Bertz CT molecular complexity index is 1300. The van der Waals surface area contributed by atoms with Gasteiger partial charge in [-0.2, -0.15) is 0 Å². The Morgan fingerprint density at radius 1 is 0.971 bits per heavy atom. The number of hydrogen-bond donors (Lipinski definition) is 1. The van der Waals surface area contributed by atoms with Crippen LogP contribution in [0.5, 0.6) is 0 Å². The zero-order chi connectivity index (χ0) is 24.4. The fraction of sp³-hybridized carbons (Fsp3) is 0.148. The van der Waals surface area contributed by atoms with Gasteiger partial charge in [-0.15, -0.1) is 0 Å². The molecule has 0 spiro atoms. The van der Waals surface area contributed by atoms with Gasteiger partial charge in [0.15, 0.2) is 5.17 Å². The van der Waals surface area contributed by atoms with Crippen LogP contribution in [0.4, 0.5) is 14.5 Å². The lowest BCUT2D eigenvalue weighted by molar-refractivity contribution is -0.120. The fourth-order valence-electron chi connectivity index (χ4n) is 3.62. The van der Waals surface area contributed by atoms with Gasteiger partial charge in [-0.05, 0) is 66.4 Å². The van der Waals surface area contributed by atoms with Gasteiger partial charge in [-0.3, -0.25) is 14.5 Å². The third-order valence-corrected chi connectivity index (χ3v) is 6.78. The number of amidine groups is 1. The maximum atomic E-state index is 13.6. The standard InChI is InChI=1S/C27H21F2N3O2S/c28-19-8-6-18(7-9-19)24(25(33)30-21-12-13-21)35-27-31-23(16-17-4-2-1-3-5-17)26(34)32(27)22-14-10-20(29)11-15-22/h1-11,14-16,21,24H,12-13H2,(H,30,33)/b23-16+. The van der Waals surface area contributed by atoms with Crippen molar-refractivity contribution in [2.75, 3.05) is 4.90 Å². The number of hydrogen-bond acceptors (Lipinski definition) is 4. The molecule has 35 heavy (non-hydrogen) atoms. The van der Waals surface area contributed by atoms with Crippen LogP contribution in [0.25, 0.3) is 6.08 Å². The first kappa shape index (κ1) is 23.0. The van der Waals surface area contributed by atoms with Crippen LogP contribution in [-0.4, -0.2) is 23.0 Å². The molecule has 1 unspecified atom stereocenters. The number of carbonyl (C=O) groups excluding carboxylic acids is 2. The van der Waals surface area contributed by atoms with E-state index in [0.717, 1.165) is 30.2 Å². The molecule has 0 aromatic heterocycles. The van der Waals surface area contributed by atoms with Crippen LogP contribution in [0.15, 0.2) is 89.6 Å². The highest BCUT2D eigenvalue weighted by molar-refractivity contribution is 8.15. The molecule has 5 rings (SSSR count). The van der Waals surface area contributed by atoms with Crippen LogP contribution < -0.4 is 10.2 Å². The normalized spacial score (nSPS) is 17.4. The van der Waals surface area contributed by atoms with Crippen LogP contribution in [0, 0.1) is 11.6 Å². The van der Waals surface area contributed by atoms with Crippen LogP contribution in [-0.2, 0) is 9.59 Å². The first-order valence-electron chi connectivity index (χ1n) is 11.2. The van der Waals surface area contributed by atoms with Crippen molar-refractivity contribution in [3.8, 4) is 0 Å². The summed E-state index contributed by atoms with van der Waals surface area (Å²) in [5.41, 5.74) is 2.01. The van der Waals surface area contributed by atoms with Crippen LogP contribution in [0.3, 0.4) is 0 Å². The summed E-state index contributed by atoms with van der Waals surface area (Å²) in [7, 11) is 0. The van der Waals surface area contributed by atoms with Crippen LogP contribution in [0.2, 0.25) is 0 Å². The second-order valence-corrected chi connectivity index (χ2v) is 9.36. The molecule has 1 saturated carbocycles. The van der Waals surface area contributed by atoms with Crippen LogP contribution in [0.1, 0.15) is 29.2 Å². The molecule has 2 amide bonds. The summed E-state index contributed by atoms with van der Waals surface area (Å²) in [5.74, 6) is -1.46. The van der Waals surface area contributed by atoms with E-state index in [1.807, 2.05) is 30.3 Å². The van der Waals surface area contributed by atoms with E-state index in [0.29, 0.717) is 11.3 Å². The number of carbonyl (C=O) groups is 2. The fourth-order valence-corrected chi connectivity index (χ4v) is 4.74. The molecule has 0 bridgehead atoms. The lowest BCUT2D eigenvalue weighted by atomic mass is 10.1. The van der Waals surface area contributed by atoms with Crippen molar-refractivity contribution in [3.05, 3.63) is 107 Å². The maximum Gasteiger partial charge on any atom is 0.283 e. The molecule has 5 nitrogen and oxygen atoms in total. The summed E-state index contributed by atoms with van der Waals surface area (Å²) in [5, 5.41) is 2.51. The van der Waals surface area contributed by atoms with Gasteiger partial charge < -0.3 is 5.32 Å². The molecule has 1 heterocycles. The molecule has 2 aliphatic rings. The second kappa shape index (κ2) is 9.84. The number of nitrogens with zero attached hydrogens (tertiary/aromatic N) is 2. The Hall–Kier alpha value is -3.78. The molecule has 0 saturated heterocycles. The largest absolute Gasteiger partial charge is 0.352 e. The van der Waals surface area contributed by atoms with E-state index in [9.17, 15) is 18.4 Å². The predicted molar refractivity (Wildman–Crippen MR) is 134 cm³/mol. The Morgan fingerprint density at radius 2 is 1.60 bits per heavy atom. The second-order valence-electron chi connectivity index (χ2n) is 8.28. The van der Waals surface area contributed by atoms with E-state index in [4.69, 9.17) is 0 Å². The summed E-state index contributed by atoms with van der Waals surface area (Å²) in [4.78, 5) is 32.5. The van der Waals surface area contributed by atoms with E-state index in [1.165, 1.54) is 41.3 Å². The van der Waals surface area contributed by atoms with Gasteiger partial charge in [0.2, 0.25) is 5.91 Å². The maximum absolute atomic E-state index is 13.6. The molecule has 1 N–H and O–H groups in total. The number of amides is 2. The molecular weight excluding hydrogens is 468 g/mol. The van der Waals surface area contributed by atoms with Gasteiger partial charge in [0.05, 0.1) is 5.69 Å². The summed E-state index contributed by atoms with van der Waals surface area (Å²) in [6.45, 7) is 0. The number of halogens is 2. The van der Waals surface area contributed by atoms with Gasteiger partial charge in [0.25, 0.3) is 5.91 Å². The van der Waals surface area contributed by atoms with E-state index >= 15 is 0 Å². The minimum absolute atomic E-state index is 0.125. The van der Waals surface area contributed by atoms with Crippen molar-refractivity contribution in [3.63, 3.8) is 0 Å². The lowest BCUT2D eigenvalue weighted by Crippen LogP contribution is -2.34. The van der Waals surface area contributed by atoms with E-state index in [2.05, 4.69) is 10.3 Å². The highest BCUT2D eigenvalue weighted by Gasteiger charge is 2.37. The first-order chi connectivity index (χ1) is 17.0. The molecule has 176 valence electrons. The topological polar surface area (TPSA) is 61.8 Å². The number of anilines is 1. The molecule has 3 aromatic rings. The molecule has 8 heteroatoms. The van der Waals surface area contributed by atoms with Crippen molar-refractivity contribution >= 4 is 40.5 Å². The third kappa shape index (κ3) is 5.33. The highest BCUT2D eigenvalue weighted by Crippen LogP contribution is 2.38. The van der Waals surface area contributed by atoms with Crippen molar-refractivity contribution in [2.24, 2.45) is 4.99 Å². The van der Waals surface area contributed by atoms with E-state index < -0.39 is 16.9 Å². The van der Waals surface area contributed by atoms with Gasteiger partial charge in [0.1, 0.15) is 22.6 Å². The van der Waals surface area contributed by atoms with E-state index in [-0.39, 0.29) is 28.7 Å². The molecule has 0 radical (unpaired) electrons. The first-order valence-corrected chi connectivity index (χ1v) is 12.0. The molecule has 1 fully saturated rings. The van der Waals surface area contributed by atoms with Crippen LogP contribution >= 0.6 is 11.8 Å². The molecule has 1 atom stereocenters. The predicted octanol–water partition coefficient (Wildman–Crippen LogP) is 5.46. The average molecular weight is 490 g/mol. The average Bonchev–Trinajstić information content (AvgIpc) is 3.62. The molecule has 1 aliphatic carbocycles. The Balaban J connectivity index is 1.53. The zero-order valence-electron chi connectivity index (χ0n) is 18.5. The lowest BCUT2D eigenvalue weighted by Gasteiger charge is -2.22. The Labute approximate surface area is 205 Å². The number of rotatable bonds is 6. The summed E-state index contributed by atoms with van der Waals surface area (Å²) >= 11 is 1.10. The molecule has 3 aromatic carbocycles. The molecular formula is C27H21F2N3O2S. The number of nitrogens with one attached hydrogen (secondary N) is 1. The zero-order valence-corrected chi connectivity index (χ0v) is 19.3. The van der Waals surface area contributed by atoms with Crippen molar-refractivity contribution in [1.29, 1.82) is 0 Å². The van der Waals surface area contributed by atoms with Gasteiger partial charge in [-0.25, -0.2) is 13.8 Å². The van der Waals surface area contributed by atoms with Crippen molar-refractivity contribution < 1.29 is 18.4 Å². The van der Waals surface area contributed by atoms with Gasteiger partial charge in [-0.1, -0.05) is 54.2 Å². The number of benzene rings is 3. The molecule has 1 aliphatic heterocycles. The Kier molecular flexibility index (Phi) is 6.46. The minimum Gasteiger partial charge on any atom is -0.352 e. The third-order valence-electron chi connectivity index (χ3n) is 5.58. The quantitative estimate of drug-likeness (QED) is 0.468. The minimum atomic E-state index is -0.762. The smallest absolute Gasteiger partial charge is 0.283 e. The van der Waals surface area contributed by atoms with Crippen molar-refractivity contribution in [2.45, 2.75) is 24.1 Å². The monoisotopic (exact) mass is 489 g/mol. The summed E-state index contributed by atoms with van der Waals surface area (Å²) in [6, 6.07) is 20.6. The van der Waals surface area contributed by atoms with Gasteiger partial charge in [0, 0.05) is 6.04 Å². The number of aliphatic imine (C=N–C) groups is 1. The summed E-state index contributed by atoms with van der Waals surface area (Å²) < 4.78 is 27.2. The van der Waals surface area contributed by atoms with Crippen molar-refractivity contribution in [1.82, 2.24) is 5.32 Å².